The van der Waals surface area contributed by atoms with Gasteiger partial charge in [0, 0.05) is 24.6 Å². The number of hydrogen-bond acceptors (Lipinski definition) is 3. The quantitative estimate of drug-likeness (QED) is 0.808. The molecule has 0 unspecified atom stereocenters. The lowest BCUT2D eigenvalue weighted by molar-refractivity contribution is 0.0963. The zero-order valence-corrected chi connectivity index (χ0v) is 14.2. The smallest absolute Gasteiger partial charge is 0.251 e. The summed E-state index contributed by atoms with van der Waals surface area (Å²) in [5.74, 6) is -0.164. The van der Waals surface area contributed by atoms with Crippen molar-refractivity contribution in [1.29, 1.82) is 0 Å². The molecule has 1 amide bonds. The van der Waals surface area contributed by atoms with Crippen LogP contribution in [0.3, 0.4) is 0 Å². The Labute approximate surface area is 142 Å². The van der Waals surface area contributed by atoms with Crippen molar-refractivity contribution in [3.8, 4) is 0 Å². The van der Waals surface area contributed by atoms with Gasteiger partial charge in [-0.1, -0.05) is 42.5 Å². The first-order valence-corrected chi connectivity index (χ1v) is 9.08. The van der Waals surface area contributed by atoms with Crippen LogP contribution in [0.15, 0.2) is 60.0 Å². The molecule has 0 saturated heterocycles. The lowest BCUT2D eigenvalue weighted by atomic mass is 10.1. The largest absolute Gasteiger partial charge is 0.355 e. The highest BCUT2D eigenvalue weighted by atomic mass is 32.2. The summed E-state index contributed by atoms with van der Waals surface area (Å²) < 4.78 is 26.4. The van der Waals surface area contributed by atoms with Crippen LogP contribution < -0.4 is 10.0 Å². The fraction of sp³-hybridized carbons (Fsp3) is 0.167. The van der Waals surface area contributed by atoms with E-state index in [1.54, 1.807) is 31.3 Å². The van der Waals surface area contributed by atoms with E-state index in [1.807, 2.05) is 36.4 Å². The van der Waals surface area contributed by atoms with Gasteiger partial charge in [0.25, 0.3) is 5.91 Å². The molecule has 0 aliphatic heterocycles. The fourth-order valence-electron chi connectivity index (χ4n) is 2.13. The topological polar surface area (TPSA) is 75.3 Å². The molecule has 0 aliphatic carbocycles. The lowest BCUT2D eigenvalue weighted by Gasteiger charge is -2.05. The Morgan fingerprint density at radius 1 is 1.08 bits per heavy atom. The zero-order chi connectivity index (χ0) is 17.4. The van der Waals surface area contributed by atoms with E-state index >= 15 is 0 Å². The molecule has 24 heavy (non-hydrogen) atoms. The van der Waals surface area contributed by atoms with Gasteiger partial charge in [0.15, 0.2) is 0 Å². The van der Waals surface area contributed by atoms with Crippen LogP contribution in [0.25, 0.3) is 6.08 Å². The number of nitrogens with one attached hydrogen (secondary N) is 2. The number of hydrogen-bond donors (Lipinski definition) is 2. The molecule has 2 N–H and O–H groups in total. The summed E-state index contributed by atoms with van der Waals surface area (Å²) in [4.78, 5) is 11.6. The van der Waals surface area contributed by atoms with Crippen LogP contribution in [0.5, 0.6) is 0 Å². The highest BCUT2D eigenvalue weighted by molar-refractivity contribution is 7.92. The summed E-state index contributed by atoms with van der Waals surface area (Å²) in [6.07, 6.45) is 2.05. The van der Waals surface area contributed by atoms with E-state index in [-0.39, 0.29) is 12.5 Å². The maximum absolute atomic E-state index is 12.0. The SMILES string of the molecule is CNC(=O)c1cccc(CCNS(=O)(=O)/C=C\c2ccccc2)c1. The van der Waals surface area contributed by atoms with Crippen molar-refractivity contribution >= 4 is 22.0 Å². The average Bonchev–Trinajstić information content (AvgIpc) is 2.60. The Hall–Kier alpha value is -2.44. The summed E-state index contributed by atoms with van der Waals surface area (Å²) in [5, 5.41) is 3.72. The molecule has 6 heteroatoms. The minimum Gasteiger partial charge on any atom is -0.355 e. The zero-order valence-electron chi connectivity index (χ0n) is 13.4. The summed E-state index contributed by atoms with van der Waals surface area (Å²) in [6.45, 7) is 0.263. The Morgan fingerprint density at radius 2 is 1.83 bits per heavy atom. The predicted molar refractivity (Wildman–Crippen MR) is 95.9 cm³/mol. The molecule has 0 spiro atoms. The van der Waals surface area contributed by atoms with E-state index < -0.39 is 10.0 Å². The summed E-state index contributed by atoms with van der Waals surface area (Å²) >= 11 is 0. The second-order valence-corrected chi connectivity index (χ2v) is 6.83. The minimum absolute atomic E-state index is 0.164. The molecular weight excluding hydrogens is 324 g/mol. The lowest BCUT2D eigenvalue weighted by Crippen LogP contribution is -2.24. The number of carbonyl (C=O) groups is 1. The maximum atomic E-state index is 12.0. The van der Waals surface area contributed by atoms with Crippen LogP contribution in [0.1, 0.15) is 21.5 Å². The van der Waals surface area contributed by atoms with Crippen molar-refractivity contribution in [1.82, 2.24) is 10.0 Å². The molecule has 126 valence electrons. The number of carbonyl (C=O) groups excluding carboxylic acids is 1. The van der Waals surface area contributed by atoms with Gasteiger partial charge in [0.05, 0.1) is 0 Å². The minimum atomic E-state index is -3.49. The molecule has 0 aliphatic rings. The van der Waals surface area contributed by atoms with Crippen LogP contribution >= 0.6 is 0 Å². The normalized spacial score (nSPS) is 11.5. The summed E-state index contributed by atoms with van der Waals surface area (Å²) in [5.41, 5.74) is 2.27. The van der Waals surface area contributed by atoms with Crippen molar-refractivity contribution in [3.05, 3.63) is 76.7 Å². The number of amides is 1. The monoisotopic (exact) mass is 344 g/mol. The number of benzene rings is 2. The molecule has 0 heterocycles. The third-order valence-electron chi connectivity index (χ3n) is 3.37. The van der Waals surface area contributed by atoms with E-state index in [1.165, 1.54) is 0 Å². The molecule has 0 aromatic heterocycles. The van der Waals surface area contributed by atoms with E-state index in [4.69, 9.17) is 0 Å². The van der Waals surface area contributed by atoms with Crippen LogP contribution in [0, 0.1) is 0 Å². The molecular formula is C18H20N2O3S. The summed E-state index contributed by atoms with van der Waals surface area (Å²) in [6, 6.07) is 16.3. The molecule has 2 aromatic rings. The van der Waals surface area contributed by atoms with E-state index in [9.17, 15) is 13.2 Å². The van der Waals surface area contributed by atoms with Crippen LogP contribution in [0.4, 0.5) is 0 Å². The molecule has 0 fully saturated rings. The van der Waals surface area contributed by atoms with Crippen LogP contribution in [-0.4, -0.2) is 27.9 Å². The van der Waals surface area contributed by atoms with Gasteiger partial charge >= 0.3 is 0 Å². The second-order valence-electron chi connectivity index (χ2n) is 5.18. The van der Waals surface area contributed by atoms with Gasteiger partial charge in [0.1, 0.15) is 0 Å². The third kappa shape index (κ3) is 5.64. The van der Waals surface area contributed by atoms with Gasteiger partial charge in [-0.2, -0.15) is 0 Å². The van der Waals surface area contributed by atoms with Crippen LogP contribution in [0.2, 0.25) is 0 Å². The van der Waals surface area contributed by atoms with Crippen molar-refractivity contribution in [2.24, 2.45) is 0 Å². The van der Waals surface area contributed by atoms with Crippen molar-refractivity contribution in [2.75, 3.05) is 13.6 Å². The molecule has 2 aromatic carbocycles. The van der Waals surface area contributed by atoms with Gasteiger partial charge < -0.3 is 5.32 Å². The van der Waals surface area contributed by atoms with Gasteiger partial charge in [0.2, 0.25) is 10.0 Å². The Bertz CT molecular complexity index is 815. The van der Waals surface area contributed by atoms with Crippen molar-refractivity contribution in [2.45, 2.75) is 6.42 Å². The van der Waals surface area contributed by atoms with Gasteiger partial charge in [-0.25, -0.2) is 13.1 Å². The Balaban J connectivity index is 1.91. The van der Waals surface area contributed by atoms with Crippen LogP contribution in [-0.2, 0) is 16.4 Å². The Kier molecular flexibility index (Phi) is 6.28. The second kappa shape index (κ2) is 8.42. The average molecular weight is 344 g/mol. The molecule has 0 radical (unpaired) electrons. The van der Waals surface area contributed by atoms with Gasteiger partial charge in [-0.3, -0.25) is 4.79 Å². The molecule has 0 saturated carbocycles. The van der Waals surface area contributed by atoms with Gasteiger partial charge in [-0.05, 0) is 35.8 Å². The van der Waals surface area contributed by atoms with Crippen molar-refractivity contribution in [3.63, 3.8) is 0 Å². The van der Waals surface area contributed by atoms with E-state index in [0.29, 0.717) is 12.0 Å². The standard InChI is InChI=1S/C18H20N2O3S/c1-19-18(21)17-9-5-8-16(14-17)10-12-20-24(22,23)13-11-15-6-3-2-4-7-15/h2-9,11,13-14,20H,10,12H2,1H3,(H,19,21)/b13-11-. The first-order chi connectivity index (χ1) is 11.5. The Morgan fingerprint density at radius 3 is 2.54 bits per heavy atom. The molecule has 0 atom stereocenters. The fourth-order valence-corrected chi connectivity index (χ4v) is 2.95. The van der Waals surface area contributed by atoms with Crippen molar-refractivity contribution < 1.29 is 13.2 Å². The predicted octanol–water partition coefficient (Wildman–Crippen LogP) is 2.18. The molecule has 0 bridgehead atoms. The number of rotatable bonds is 7. The highest BCUT2D eigenvalue weighted by Gasteiger charge is 2.06. The first kappa shape index (κ1) is 17.9. The molecule has 5 nitrogen and oxygen atoms in total. The van der Waals surface area contributed by atoms with E-state index in [0.717, 1.165) is 16.5 Å². The first-order valence-electron chi connectivity index (χ1n) is 7.54. The molecule has 2 rings (SSSR count). The third-order valence-corrected chi connectivity index (χ3v) is 4.47. The number of sulfonamides is 1. The maximum Gasteiger partial charge on any atom is 0.251 e. The van der Waals surface area contributed by atoms with E-state index in [2.05, 4.69) is 10.0 Å². The summed E-state index contributed by atoms with van der Waals surface area (Å²) in [7, 11) is -1.92. The highest BCUT2D eigenvalue weighted by Crippen LogP contribution is 2.06. The van der Waals surface area contributed by atoms with Gasteiger partial charge in [-0.15, -0.1) is 0 Å².